The highest BCUT2D eigenvalue weighted by Crippen LogP contribution is 2.29. The Bertz CT molecular complexity index is 864. The first-order valence-electron chi connectivity index (χ1n) is 9.84. The van der Waals surface area contributed by atoms with Gasteiger partial charge < -0.3 is 19.5 Å². The van der Waals surface area contributed by atoms with Crippen LogP contribution in [0.15, 0.2) is 42.5 Å². The molecule has 3 rings (SSSR count). The molecule has 6 heteroatoms. The van der Waals surface area contributed by atoms with Gasteiger partial charge in [0.2, 0.25) is 0 Å². The van der Waals surface area contributed by atoms with Crippen LogP contribution < -0.4 is 14.8 Å². The second-order valence-corrected chi connectivity index (χ2v) is 7.06. The van der Waals surface area contributed by atoms with Gasteiger partial charge in [0, 0.05) is 6.42 Å². The van der Waals surface area contributed by atoms with E-state index in [-0.39, 0.29) is 25.0 Å². The summed E-state index contributed by atoms with van der Waals surface area (Å²) in [5.74, 6) is 0.579. The van der Waals surface area contributed by atoms with Crippen molar-refractivity contribution in [3.63, 3.8) is 0 Å². The van der Waals surface area contributed by atoms with Crippen LogP contribution in [0.3, 0.4) is 0 Å². The van der Waals surface area contributed by atoms with Gasteiger partial charge in [0.05, 0.1) is 20.3 Å². The zero-order valence-corrected chi connectivity index (χ0v) is 16.9. The molecule has 2 aromatic carbocycles. The molecule has 1 atom stereocenters. The van der Waals surface area contributed by atoms with Crippen LogP contribution in [0.5, 0.6) is 11.5 Å². The van der Waals surface area contributed by atoms with E-state index in [0.29, 0.717) is 17.9 Å². The zero-order chi connectivity index (χ0) is 20.6. The van der Waals surface area contributed by atoms with Crippen molar-refractivity contribution < 1.29 is 23.8 Å². The van der Waals surface area contributed by atoms with Crippen molar-refractivity contribution in [2.24, 2.45) is 0 Å². The number of carbonyl (C=O) groups is 2. The third-order valence-electron chi connectivity index (χ3n) is 5.13. The van der Waals surface area contributed by atoms with Crippen molar-refractivity contribution in [1.82, 2.24) is 5.32 Å². The summed E-state index contributed by atoms with van der Waals surface area (Å²) in [6.45, 7) is -0.260. The number of ether oxygens (including phenoxy) is 3. The molecule has 0 radical (unpaired) electrons. The molecule has 1 N–H and O–H groups in total. The fraction of sp³-hybridized carbons (Fsp3) is 0.391. The maximum Gasteiger partial charge on any atom is 0.306 e. The molecule has 154 valence electrons. The molecule has 1 aliphatic carbocycles. The molecule has 0 fully saturated rings. The minimum atomic E-state index is -0.404. The molecule has 0 saturated heterocycles. The monoisotopic (exact) mass is 397 g/mol. The van der Waals surface area contributed by atoms with Gasteiger partial charge in [0.1, 0.15) is 0 Å². The Balaban J connectivity index is 1.44. The van der Waals surface area contributed by atoms with E-state index in [0.717, 1.165) is 30.4 Å². The van der Waals surface area contributed by atoms with Gasteiger partial charge in [-0.15, -0.1) is 0 Å². The maximum absolute atomic E-state index is 12.2. The third-order valence-corrected chi connectivity index (χ3v) is 5.13. The van der Waals surface area contributed by atoms with Crippen molar-refractivity contribution in [2.45, 2.75) is 38.1 Å². The summed E-state index contributed by atoms with van der Waals surface area (Å²) in [6.07, 6.45) is 3.66. The second kappa shape index (κ2) is 9.96. The van der Waals surface area contributed by atoms with Crippen LogP contribution >= 0.6 is 0 Å². The Morgan fingerprint density at radius 3 is 2.66 bits per heavy atom. The Morgan fingerprint density at radius 1 is 1.07 bits per heavy atom. The lowest BCUT2D eigenvalue weighted by Gasteiger charge is -2.26. The molecule has 0 heterocycles. The molecule has 29 heavy (non-hydrogen) atoms. The number of nitrogens with one attached hydrogen (secondary N) is 1. The van der Waals surface area contributed by atoms with Crippen LogP contribution in [0.1, 0.15) is 42.0 Å². The summed E-state index contributed by atoms with van der Waals surface area (Å²) in [5, 5.41) is 2.99. The predicted molar refractivity (Wildman–Crippen MR) is 109 cm³/mol. The number of rotatable bonds is 8. The van der Waals surface area contributed by atoms with Gasteiger partial charge in [-0.3, -0.25) is 9.59 Å². The van der Waals surface area contributed by atoms with Gasteiger partial charge in [0.15, 0.2) is 18.1 Å². The van der Waals surface area contributed by atoms with E-state index in [1.165, 1.54) is 5.56 Å². The number of aryl methyl sites for hydroxylation is 2. The predicted octanol–water partition coefficient (Wildman–Crippen LogP) is 3.37. The average Bonchev–Trinajstić information content (AvgIpc) is 2.76. The van der Waals surface area contributed by atoms with E-state index in [1.807, 2.05) is 24.3 Å². The minimum Gasteiger partial charge on any atom is -0.493 e. The van der Waals surface area contributed by atoms with E-state index in [9.17, 15) is 9.59 Å². The number of benzene rings is 2. The average molecular weight is 397 g/mol. The largest absolute Gasteiger partial charge is 0.493 e. The molecule has 0 bridgehead atoms. The van der Waals surface area contributed by atoms with E-state index in [1.54, 1.807) is 20.3 Å². The first kappa shape index (κ1) is 20.7. The van der Waals surface area contributed by atoms with Crippen molar-refractivity contribution in [1.29, 1.82) is 0 Å². The van der Waals surface area contributed by atoms with Gasteiger partial charge >= 0.3 is 5.97 Å². The summed E-state index contributed by atoms with van der Waals surface area (Å²) in [6, 6.07) is 13.6. The molecule has 0 saturated carbocycles. The van der Waals surface area contributed by atoms with E-state index in [4.69, 9.17) is 14.2 Å². The summed E-state index contributed by atoms with van der Waals surface area (Å²) in [7, 11) is 3.14. The number of esters is 1. The smallest absolute Gasteiger partial charge is 0.306 e. The normalized spacial score (nSPS) is 15.2. The van der Waals surface area contributed by atoms with Gasteiger partial charge in [-0.05, 0) is 54.5 Å². The highest BCUT2D eigenvalue weighted by molar-refractivity contribution is 5.81. The van der Waals surface area contributed by atoms with Gasteiger partial charge in [-0.2, -0.15) is 0 Å². The number of hydrogen-bond acceptors (Lipinski definition) is 5. The molecule has 2 aromatic rings. The van der Waals surface area contributed by atoms with Gasteiger partial charge in [-0.1, -0.05) is 30.3 Å². The lowest BCUT2D eigenvalue weighted by Crippen LogP contribution is -2.34. The van der Waals surface area contributed by atoms with Crippen LogP contribution in [-0.2, 0) is 27.2 Å². The van der Waals surface area contributed by atoms with Crippen molar-refractivity contribution in [3.05, 3.63) is 59.2 Å². The Hall–Kier alpha value is -3.02. The molecular formula is C23H27NO5. The number of amides is 1. The number of methoxy groups -OCH3 is 2. The third kappa shape index (κ3) is 5.50. The molecule has 0 unspecified atom stereocenters. The summed E-state index contributed by atoms with van der Waals surface area (Å²) in [4.78, 5) is 24.3. The summed E-state index contributed by atoms with van der Waals surface area (Å²) in [5.41, 5.74) is 3.37. The highest BCUT2D eigenvalue weighted by atomic mass is 16.5. The summed E-state index contributed by atoms with van der Waals surface area (Å²) >= 11 is 0. The van der Waals surface area contributed by atoms with Crippen LogP contribution in [0, 0.1) is 0 Å². The number of hydrogen-bond donors (Lipinski definition) is 1. The topological polar surface area (TPSA) is 73.9 Å². The van der Waals surface area contributed by atoms with E-state index < -0.39 is 5.97 Å². The lowest BCUT2D eigenvalue weighted by atomic mass is 9.88. The Labute approximate surface area is 171 Å². The van der Waals surface area contributed by atoms with Crippen molar-refractivity contribution in [2.75, 3.05) is 20.8 Å². The van der Waals surface area contributed by atoms with Crippen LogP contribution in [0.2, 0.25) is 0 Å². The number of carbonyl (C=O) groups excluding carboxylic acids is 2. The fourth-order valence-corrected chi connectivity index (χ4v) is 3.64. The van der Waals surface area contributed by atoms with Crippen molar-refractivity contribution >= 4 is 11.9 Å². The first-order chi connectivity index (χ1) is 14.1. The SMILES string of the molecule is COc1ccc(CCC(=O)OCC(=O)N[C@@H]2CCCc3ccccc32)cc1OC. The van der Waals surface area contributed by atoms with E-state index >= 15 is 0 Å². The lowest BCUT2D eigenvalue weighted by molar-refractivity contribution is -0.148. The molecule has 0 aromatic heterocycles. The van der Waals surface area contributed by atoms with Crippen molar-refractivity contribution in [3.8, 4) is 11.5 Å². The molecule has 0 aliphatic heterocycles. The Kier molecular flexibility index (Phi) is 7.11. The van der Waals surface area contributed by atoms with E-state index in [2.05, 4.69) is 17.4 Å². The molecule has 6 nitrogen and oxygen atoms in total. The molecule has 1 amide bonds. The fourth-order valence-electron chi connectivity index (χ4n) is 3.64. The standard InChI is InChI=1S/C23H27NO5/c1-27-20-12-10-16(14-21(20)28-2)11-13-23(26)29-15-22(25)24-19-9-5-7-17-6-3-4-8-18(17)19/h3-4,6,8,10,12,14,19H,5,7,9,11,13,15H2,1-2H3,(H,24,25)/t19-/m1/s1. The Morgan fingerprint density at radius 2 is 1.86 bits per heavy atom. The van der Waals surface area contributed by atoms with Gasteiger partial charge in [0.25, 0.3) is 5.91 Å². The first-order valence-corrected chi connectivity index (χ1v) is 9.84. The maximum atomic E-state index is 12.2. The quantitative estimate of drug-likeness (QED) is 0.692. The molecule has 0 spiro atoms. The summed E-state index contributed by atoms with van der Waals surface area (Å²) < 4.78 is 15.6. The molecular weight excluding hydrogens is 370 g/mol. The molecule has 1 aliphatic rings. The zero-order valence-electron chi connectivity index (χ0n) is 16.9. The van der Waals surface area contributed by atoms with Crippen LogP contribution in [0.25, 0.3) is 0 Å². The highest BCUT2D eigenvalue weighted by Gasteiger charge is 2.21. The minimum absolute atomic E-state index is 0.0158. The van der Waals surface area contributed by atoms with Gasteiger partial charge in [-0.25, -0.2) is 0 Å². The number of fused-ring (bicyclic) bond motifs is 1. The van der Waals surface area contributed by atoms with Crippen LogP contribution in [-0.4, -0.2) is 32.7 Å². The van der Waals surface area contributed by atoms with Crippen LogP contribution in [0.4, 0.5) is 0 Å². The second-order valence-electron chi connectivity index (χ2n) is 7.06.